The lowest BCUT2D eigenvalue weighted by atomic mass is 9.96. The summed E-state index contributed by atoms with van der Waals surface area (Å²) >= 11 is 3.72. The first-order valence-electron chi connectivity index (χ1n) is 16.9. The third kappa shape index (κ3) is 4.93. The van der Waals surface area contributed by atoms with Crippen LogP contribution >= 0.6 is 22.7 Å². The minimum Gasteiger partial charge on any atom is -0.350 e. The first-order valence-corrected chi connectivity index (χ1v) is 18.6. The van der Waals surface area contributed by atoms with Crippen LogP contribution in [0.4, 0.5) is 0 Å². The average molecular weight is 678 g/mol. The van der Waals surface area contributed by atoms with Crippen LogP contribution in [0.1, 0.15) is 29.0 Å². The van der Waals surface area contributed by atoms with Gasteiger partial charge in [0, 0.05) is 51.5 Å². The Balaban J connectivity index is 1.15. The highest BCUT2D eigenvalue weighted by Crippen LogP contribution is 2.44. The van der Waals surface area contributed by atoms with Crippen LogP contribution in [0.25, 0.3) is 62.6 Å². The van der Waals surface area contributed by atoms with Gasteiger partial charge in [0.1, 0.15) is 18.2 Å². The smallest absolute Gasteiger partial charge is 0.131 e. The van der Waals surface area contributed by atoms with E-state index < -0.39 is 0 Å². The summed E-state index contributed by atoms with van der Waals surface area (Å²) in [7, 11) is 0. The monoisotopic (exact) mass is 677 g/mol. The van der Waals surface area contributed by atoms with Crippen LogP contribution in [-0.4, -0.2) is 5.84 Å². The zero-order valence-electron chi connectivity index (χ0n) is 27.0. The summed E-state index contributed by atoms with van der Waals surface area (Å²) in [5, 5.41) is 13.0. The molecule has 50 heavy (non-hydrogen) atoms. The van der Waals surface area contributed by atoms with Crippen molar-refractivity contribution in [3.8, 4) is 22.3 Å². The number of hydrogen-bond donors (Lipinski definition) is 2. The number of nitrogens with one attached hydrogen (secondary N) is 2. The molecule has 9 aromatic rings. The van der Waals surface area contributed by atoms with Crippen molar-refractivity contribution in [2.24, 2.45) is 4.99 Å². The van der Waals surface area contributed by atoms with Crippen LogP contribution < -0.4 is 10.6 Å². The van der Waals surface area contributed by atoms with Gasteiger partial charge >= 0.3 is 0 Å². The fraction of sp³-hybridized carbons (Fsp3) is 0.0444. The van der Waals surface area contributed by atoms with Crippen LogP contribution in [0.2, 0.25) is 0 Å². The second kappa shape index (κ2) is 12.1. The SMILES string of the molecule is c1ccc(-c2ccc(C3=NC(c4cccc5c4sc4ccccc45)NC(c4cccc5sc6cccc(-c7ccccc7)c6c45)N3)cc2)cc1. The topological polar surface area (TPSA) is 36.4 Å². The van der Waals surface area contributed by atoms with Gasteiger partial charge < -0.3 is 5.32 Å². The van der Waals surface area contributed by atoms with Crippen molar-refractivity contribution in [2.45, 2.75) is 12.3 Å². The van der Waals surface area contributed by atoms with E-state index in [0.29, 0.717) is 0 Å². The van der Waals surface area contributed by atoms with Crippen molar-refractivity contribution in [2.75, 3.05) is 0 Å². The van der Waals surface area contributed by atoms with Crippen molar-refractivity contribution >= 4 is 68.9 Å². The molecule has 0 fully saturated rings. The predicted molar refractivity (Wildman–Crippen MR) is 214 cm³/mol. The second-order valence-corrected chi connectivity index (χ2v) is 14.9. The molecular weight excluding hydrogens is 647 g/mol. The fourth-order valence-electron chi connectivity index (χ4n) is 7.45. The van der Waals surface area contributed by atoms with Crippen LogP contribution in [0, 0.1) is 0 Å². The number of hydrogen-bond acceptors (Lipinski definition) is 5. The van der Waals surface area contributed by atoms with Gasteiger partial charge in [-0.25, -0.2) is 4.99 Å². The van der Waals surface area contributed by atoms with Crippen molar-refractivity contribution < 1.29 is 0 Å². The van der Waals surface area contributed by atoms with Gasteiger partial charge in [-0.1, -0.05) is 146 Å². The van der Waals surface area contributed by atoms with Gasteiger partial charge in [0.2, 0.25) is 0 Å². The van der Waals surface area contributed by atoms with Crippen molar-refractivity contribution in [1.29, 1.82) is 0 Å². The van der Waals surface area contributed by atoms with Gasteiger partial charge in [0.25, 0.3) is 0 Å². The van der Waals surface area contributed by atoms with Crippen molar-refractivity contribution in [1.82, 2.24) is 10.6 Å². The molecule has 10 rings (SSSR count). The van der Waals surface area contributed by atoms with E-state index in [1.165, 1.54) is 73.7 Å². The summed E-state index contributed by atoms with van der Waals surface area (Å²) in [6.07, 6.45) is -0.438. The maximum Gasteiger partial charge on any atom is 0.131 e. The summed E-state index contributed by atoms with van der Waals surface area (Å²) < 4.78 is 5.15. The number of benzene rings is 7. The second-order valence-electron chi connectivity index (χ2n) is 12.8. The van der Waals surface area contributed by atoms with Crippen molar-refractivity contribution in [3.05, 3.63) is 180 Å². The predicted octanol–water partition coefficient (Wildman–Crippen LogP) is 12.1. The number of nitrogens with zero attached hydrogens (tertiary/aromatic N) is 1. The van der Waals surface area contributed by atoms with E-state index in [1.807, 2.05) is 22.7 Å². The Hall–Kier alpha value is -5.59. The van der Waals surface area contributed by atoms with E-state index in [0.717, 1.165) is 11.4 Å². The lowest BCUT2D eigenvalue weighted by Gasteiger charge is -2.33. The molecule has 2 aromatic heterocycles. The highest BCUT2D eigenvalue weighted by Gasteiger charge is 2.29. The number of aliphatic imine (C=N–C) groups is 1. The molecular formula is C45H31N3S2. The molecule has 2 unspecified atom stereocenters. The van der Waals surface area contributed by atoms with E-state index in [1.54, 1.807) is 0 Å². The van der Waals surface area contributed by atoms with E-state index in [-0.39, 0.29) is 12.3 Å². The number of amidine groups is 1. The summed E-state index contributed by atoms with van der Waals surface area (Å²) in [4.78, 5) is 5.42. The zero-order valence-corrected chi connectivity index (χ0v) is 28.6. The maximum absolute atomic E-state index is 5.42. The number of rotatable bonds is 5. The molecule has 0 aliphatic carbocycles. The molecule has 2 atom stereocenters. The van der Waals surface area contributed by atoms with Gasteiger partial charge in [-0.05, 0) is 46.0 Å². The summed E-state index contributed by atoms with van der Waals surface area (Å²) in [6, 6.07) is 58.9. The maximum atomic E-state index is 5.42. The summed E-state index contributed by atoms with van der Waals surface area (Å²) in [6.45, 7) is 0. The Bertz CT molecular complexity index is 2710. The molecule has 238 valence electrons. The third-order valence-electron chi connectivity index (χ3n) is 9.81. The van der Waals surface area contributed by atoms with Gasteiger partial charge in [0.05, 0.1) is 0 Å². The van der Waals surface area contributed by atoms with Crippen LogP contribution in [-0.2, 0) is 0 Å². The standard InChI is InChI=1S/C45H31N3S2/c1-3-12-28(13-4-1)29-24-26-31(27-25-29)43-46-44(48-45(47-43)36-20-9-18-34-33-16-7-8-21-37(33)50-42(34)36)35-19-11-23-39-41(35)40-32(17-10-22-38(40)49-39)30-14-5-2-6-15-30/h1-27,44-45,48H,(H,46,47). The lowest BCUT2D eigenvalue weighted by Crippen LogP contribution is -2.45. The molecule has 0 saturated carbocycles. The van der Waals surface area contributed by atoms with E-state index in [2.05, 4.69) is 174 Å². The first kappa shape index (κ1) is 29.3. The van der Waals surface area contributed by atoms with Gasteiger partial charge in [-0.2, -0.15) is 0 Å². The molecule has 5 heteroatoms. The molecule has 0 saturated heterocycles. The number of thiophene rings is 2. The van der Waals surface area contributed by atoms with E-state index >= 15 is 0 Å². The van der Waals surface area contributed by atoms with Gasteiger partial charge in [-0.15, -0.1) is 22.7 Å². The molecule has 1 aliphatic heterocycles. The Kier molecular flexibility index (Phi) is 7.09. The normalized spacial score (nSPS) is 16.2. The Morgan fingerprint density at radius 3 is 1.86 bits per heavy atom. The highest BCUT2D eigenvalue weighted by atomic mass is 32.1. The van der Waals surface area contributed by atoms with Crippen molar-refractivity contribution in [3.63, 3.8) is 0 Å². The van der Waals surface area contributed by atoms with Gasteiger partial charge in [0.15, 0.2) is 0 Å². The Morgan fingerprint density at radius 1 is 0.440 bits per heavy atom. The first-order chi connectivity index (χ1) is 24.8. The Labute approximate surface area is 298 Å². The van der Waals surface area contributed by atoms with Crippen LogP contribution in [0.15, 0.2) is 169 Å². The average Bonchev–Trinajstić information content (AvgIpc) is 3.77. The molecule has 1 aliphatic rings. The minimum atomic E-state index is -0.254. The highest BCUT2D eigenvalue weighted by molar-refractivity contribution is 7.26. The molecule has 7 aromatic carbocycles. The molecule has 0 amide bonds. The zero-order chi connectivity index (χ0) is 33.0. The molecule has 2 N–H and O–H groups in total. The molecule has 0 spiro atoms. The largest absolute Gasteiger partial charge is 0.350 e. The van der Waals surface area contributed by atoms with Crippen LogP contribution in [0.5, 0.6) is 0 Å². The molecule has 0 radical (unpaired) electrons. The molecule has 3 nitrogen and oxygen atoms in total. The molecule has 0 bridgehead atoms. The van der Waals surface area contributed by atoms with Crippen LogP contribution in [0.3, 0.4) is 0 Å². The number of fused-ring (bicyclic) bond motifs is 6. The van der Waals surface area contributed by atoms with E-state index in [4.69, 9.17) is 4.99 Å². The van der Waals surface area contributed by atoms with Gasteiger partial charge in [-0.3, -0.25) is 5.32 Å². The quantitative estimate of drug-likeness (QED) is 0.190. The fourth-order valence-corrected chi connectivity index (χ4v) is 9.86. The summed E-state index contributed by atoms with van der Waals surface area (Å²) in [5.74, 6) is 0.885. The lowest BCUT2D eigenvalue weighted by molar-refractivity contribution is 0.413. The third-order valence-corrected chi connectivity index (χ3v) is 12.2. The molecule has 3 heterocycles. The Morgan fingerprint density at radius 2 is 1.04 bits per heavy atom. The summed E-state index contributed by atoms with van der Waals surface area (Å²) in [5.41, 5.74) is 8.37. The van der Waals surface area contributed by atoms with E-state index in [9.17, 15) is 0 Å². The minimum absolute atomic E-state index is 0.184.